The number of carbonyl (C=O) groups is 2. The van der Waals surface area contributed by atoms with Crippen molar-refractivity contribution < 1.29 is 19.1 Å². The molecule has 0 spiro atoms. The molecule has 1 saturated carbocycles. The predicted molar refractivity (Wildman–Crippen MR) is 96.9 cm³/mol. The number of aromatic amines is 1. The highest BCUT2D eigenvalue weighted by atomic mass is 32.1. The molecule has 8 nitrogen and oxygen atoms in total. The predicted octanol–water partition coefficient (Wildman–Crippen LogP) is 0.754. The number of carbonyl (C=O) groups excluding carboxylic acids is 1. The molecule has 0 saturated heterocycles. The third-order valence-electron chi connectivity index (χ3n) is 4.45. The zero-order valence-corrected chi connectivity index (χ0v) is 14.8. The molecule has 0 amide bonds. The van der Waals surface area contributed by atoms with Gasteiger partial charge in [0.2, 0.25) is 5.78 Å². The van der Waals surface area contributed by atoms with E-state index in [1.165, 1.54) is 12.3 Å². The molecule has 0 bridgehead atoms. The van der Waals surface area contributed by atoms with Crippen LogP contribution in [-0.4, -0.2) is 31.6 Å². The molecule has 4 rings (SSSR count). The lowest BCUT2D eigenvalue weighted by molar-refractivity contribution is -0.146. The van der Waals surface area contributed by atoms with Crippen molar-refractivity contribution in [3.05, 3.63) is 61.7 Å². The minimum absolute atomic E-state index is 0.0738. The summed E-state index contributed by atoms with van der Waals surface area (Å²) in [5, 5.41) is 13.4. The average Bonchev–Trinajstić information content (AvgIpc) is 3.29. The van der Waals surface area contributed by atoms with E-state index in [0.29, 0.717) is 27.7 Å². The quantitative estimate of drug-likeness (QED) is 0.626. The van der Waals surface area contributed by atoms with Crippen LogP contribution in [0.5, 0.6) is 0 Å². The molecule has 0 atom stereocenters. The molecular formula is C18H15N3O5S. The smallest absolute Gasteiger partial charge is 0.306 e. The van der Waals surface area contributed by atoms with Gasteiger partial charge in [0.25, 0.3) is 5.56 Å². The molecular weight excluding hydrogens is 370 g/mol. The van der Waals surface area contributed by atoms with Crippen LogP contribution in [0.15, 0.2) is 39.9 Å². The van der Waals surface area contributed by atoms with Gasteiger partial charge in [0.15, 0.2) is 5.76 Å². The minimum atomic E-state index is -0.775. The van der Waals surface area contributed by atoms with E-state index >= 15 is 0 Å². The number of carboxylic acid groups (broad SMARTS) is 1. The first-order valence-corrected chi connectivity index (χ1v) is 9.09. The van der Waals surface area contributed by atoms with Crippen molar-refractivity contribution in [2.75, 3.05) is 0 Å². The van der Waals surface area contributed by atoms with E-state index in [2.05, 4.69) is 10.1 Å². The second-order valence-corrected chi connectivity index (χ2v) is 7.38. The Morgan fingerprint density at radius 1 is 1.37 bits per heavy atom. The summed E-state index contributed by atoms with van der Waals surface area (Å²) in [6.07, 6.45) is 7.27. The Labute approximate surface area is 156 Å². The van der Waals surface area contributed by atoms with Crippen LogP contribution in [0.2, 0.25) is 0 Å². The second-order valence-electron chi connectivity index (χ2n) is 6.30. The van der Waals surface area contributed by atoms with Crippen molar-refractivity contribution in [3.8, 4) is 0 Å². The topological polar surface area (TPSA) is 118 Å². The van der Waals surface area contributed by atoms with Gasteiger partial charge in [-0.3, -0.25) is 19.1 Å². The number of ketones is 1. The van der Waals surface area contributed by atoms with Gasteiger partial charge in [-0.1, -0.05) is 0 Å². The molecule has 1 aliphatic rings. The van der Waals surface area contributed by atoms with E-state index in [9.17, 15) is 14.4 Å². The van der Waals surface area contributed by atoms with Crippen LogP contribution in [0.3, 0.4) is 0 Å². The fraction of sp³-hybridized carbons (Fsp3) is 0.222. The molecule has 9 heteroatoms. The van der Waals surface area contributed by atoms with Gasteiger partial charge in [-0.15, -0.1) is 11.3 Å². The Balaban J connectivity index is 1.55. The zero-order chi connectivity index (χ0) is 19.0. The van der Waals surface area contributed by atoms with E-state index in [0.717, 1.165) is 11.3 Å². The Bertz CT molecular complexity index is 1160. The molecule has 0 aliphatic heterocycles. The fourth-order valence-corrected chi connectivity index (χ4v) is 3.78. The molecule has 138 valence electrons. The first-order chi connectivity index (χ1) is 13.0. The van der Waals surface area contributed by atoms with Crippen molar-refractivity contribution in [3.63, 3.8) is 0 Å². The Kier molecular flexibility index (Phi) is 4.36. The van der Waals surface area contributed by atoms with Crippen LogP contribution in [0.25, 0.3) is 12.2 Å². The monoisotopic (exact) mass is 385 g/mol. The van der Waals surface area contributed by atoms with Crippen molar-refractivity contribution in [1.82, 2.24) is 14.8 Å². The van der Waals surface area contributed by atoms with Gasteiger partial charge >= 0.3 is 5.97 Å². The van der Waals surface area contributed by atoms with E-state index in [1.54, 1.807) is 35.2 Å². The second kappa shape index (κ2) is 6.84. The van der Waals surface area contributed by atoms with Crippen molar-refractivity contribution in [2.45, 2.75) is 18.9 Å². The Hall–Kier alpha value is -3.20. The number of carboxylic acids is 1. The number of aromatic nitrogens is 3. The summed E-state index contributed by atoms with van der Waals surface area (Å²) >= 11 is 1.15. The number of aliphatic carboxylic acids is 1. The number of Topliss-reactive ketones (excluding diaryl/α,β-unsaturated/α-hetero) is 1. The van der Waals surface area contributed by atoms with Crippen LogP contribution >= 0.6 is 11.3 Å². The third-order valence-corrected chi connectivity index (χ3v) is 5.41. The number of nitrogens with one attached hydrogen (secondary N) is 1. The number of H-pyrrole nitrogens is 1. The van der Waals surface area contributed by atoms with E-state index in [4.69, 9.17) is 9.52 Å². The van der Waals surface area contributed by atoms with E-state index in [-0.39, 0.29) is 29.1 Å². The zero-order valence-electron chi connectivity index (χ0n) is 14.0. The van der Waals surface area contributed by atoms with E-state index in [1.807, 2.05) is 0 Å². The highest BCUT2D eigenvalue weighted by Gasteiger charge is 2.35. The van der Waals surface area contributed by atoms with Gasteiger partial charge in [0.1, 0.15) is 0 Å². The fourth-order valence-electron chi connectivity index (χ4n) is 2.91. The maximum absolute atomic E-state index is 12.1. The van der Waals surface area contributed by atoms with E-state index < -0.39 is 5.97 Å². The molecule has 0 radical (unpaired) electrons. The SMILES string of the molecule is O=C(/C=c1/[nH]c(=O)/c(=C/c2ccn(C3CC(C(=O)O)C3)n2)s1)c1ccco1. The highest BCUT2D eigenvalue weighted by Crippen LogP contribution is 2.37. The molecule has 27 heavy (non-hydrogen) atoms. The summed E-state index contributed by atoms with van der Waals surface area (Å²) in [6, 6.07) is 5.02. The van der Waals surface area contributed by atoms with Crippen LogP contribution in [-0.2, 0) is 4.79 Å². The van der Waals surface area contributed by atoms with Gasteiger partial charge in [0, 0.05) is 12.3 Å². The maximum Gasteiger partial charge on any atom is 0.306 e. The van der Waals surface area contributed by atoms with Crippen molar-refractivity contribution in [1.29, 1.82) is 0 Å². The molecule has 3 aromatic heterocycles. The van der Waals surface area contributed by atoms with Gasteiger partial charge < -0.3 is 14.5 Å². The van der Waals surface area contributed by atoms with Crippen LogP contribution in [0, 0.1) is 5.92 Å². The number of rotatable bonds is 5. The van der Waals surface area contributed by atoms with Crippen LogP contribution < -0.4 is 14.8 Å². The maximum atomic E-state index is 12.1. The Morgan fingerprint density at radius 2 is 2.19 bits per heavy atom. The molecule has 1 aliphatic carbocycles. The number of furan rings is 1. The molecule has 3 aromatic rings. The summed E-state index contributed by atoms with van der Waals surface area (Å²) in [5.74, 6) is -1.21. The number of hydrogen-bond donors (Lipinski definition) is 2. The van der Waals surface area contributed by atoms with Gasteiger partial charge in [-0.2, -0.15) is 5.10 Å². The molecule has 0 unspecified atom stereocenters. The molecule has 3 heterocycles. The van der Waals surface area contributed by atoms with Crippen molar-refractivity contribution >= 4 is 35.2 Å². The summed E-state index contributed by atoms with van der Waals surface area (Å²) in [4.78, 5) is 37.7. The first-order valence-electron chi connectivity index (χ1n) is 8.28. The molecule has 1 fully saturated rings. The first kappa shape index (κ1) is 17.2. The van der Waals surface area contributed by atoms with Crippen LogP contribution in [0.4, 0.5) is 0 Å². The lowest BCUT2D eigenvalue weighted by Gasteiger charge is -2.32. The number of thiazole rings is 1. The van der Waals surface area contributed by atoms with Crippen molar-refractivity contribution in [2.24, 2.45) is 5.92 Å². The summed E-state index contributed by atoms with van der Waals surface area (Å²) in [6.45, 7) is 0. The van der Waals surface area contributed by atoms with Gasteiger partial charge in [-0.05, 0) is 37.1 Å². The average molecular weight is 385 g/mol. The normalized spacial score (nSPS) is 20.6. The summed E-state index contributed by atoms with van der Waals surface area (Å²) in [7, 11) is 0. The van der Waals surface area contributed by atoms with Gasteiger partial charge in [-0.25, -0.2) is 0 Å². The summed E-state index contributed by atoms with van der Waals surface area (Å²) < 4.78 is 7.63. The molecule has 2 N–H and O–H groups in total. The van der Waals surface area contributed by atoms with Crippen LogP contribution in [0.1, 0.15) is 35.1 Å². The summed E-state index contributed by atoms with van der Waals surface area (Å²) in [5.41, 5.74) is 0.299. The largest absolute Gasteiger partial charge is 0.481 e. The third kappa shape index (κ3) is 3.54. The molecule has 0 aromatic carbocycles. The lowest BCUT2D eigenvalue weighted by atomic mass is 9.80. The lowest BCUT2D eigenvalue weighted by Crippen LogP contribution is -2.32. The highest BCUT2D eigenvalue weighted by molar-refractivity contribution is 7.07. The van der Waals surface area contributed by atoms with Gasteiger partial charge in [0.05, 0.1) is 33.1 Å². The number of nitrogens with zero attached hydrogens (tertiary/aromatic N) is 2. The Morgan fingerprint density at radius 3 is 2.89 bits per heavy atom. The minimum Gasteiger partial charge on any atom is -0.481 e. The number of hydrogen-bond acceptors (Lipinski definition) is 6. The standard InChI is InChI=1S/C18H15N3O5S/c22-13(14-2-1-5-26-14)9-16-19-17(23)15(27-16)8-11-3-4-21(20-11)12-6-10(7-12)18(24)25/h1-5,8-10,12H,6-7H2,(H,19,23)(H,24,25)/b15-8-,16-9-.